The minimum atomic E-state index is -0.0554. The third kappa shape index (κ3) is 5.67. The third-order valence-corrected chi connectivity index (χ3v) is 5.91. The topological polar surface area (TPSA) is 109 Å². The number of nitrogens with zero attached hydrogens (tertiary/aromatic N) is 5. The van der Waals surface area contributed by atoms with E-state index in [-0.39, 0.29) is 23.6 Å². The van der Waals surface area contributed by atoms with Crippen molar-refractivity contribution in [1.29, 1.82) is 0 Å². The molecule has 0 saturated carbocycles. The average molecular weight is 457 g/mol. The summed E-state index contributed by atoms with van der Waals surface area (Å²) >= 11 is 1.32. The molecule has 2 aromatic heterocycles. The standard InChI is InChI=1S/C22H32N8OS/c1-6-15-9-11-16(12-10-15)18(14(4)5)25-17(31)13-32-22-29-28-21-27-19(23-7-2)26-20(24-8-3)30(21)22/h9-12,14,18H,6-8,13H2,1-5H3,(H,25,31)(H2,23,24,26,27,28). The molecule has 0 aliphatic rings. The Morgan fingerprint density at radius 3 is 2.38 bits per heavy atom. The molecular formula is C22H32N8OS. The highest BCUT2D eigenvalue weighted by Gasteiger charge is 2.20. The molecule has 0 fully saturated rings. The molecule has 0 radical (unpaired) electrons. The molecule has 3 aromatic rings. The van der Waals surface area contributed by atoms with Crippen molar-refractivity contribution >= 4 is 35.3 Å². The van der Waals surface area contributed by atoms with Gasteiger partial charge in [-0.2, -0.15) is 9.97 Å². The van der Waals surface area contributed by atoms with E-state index in [2.05, 4.69) is 81.2 Å². The smallest absolute Gasteiger partial charge is 0.261 e. The molecule has 3 N–H and O–H groups in total. The predicted octanol–water partition coefficient (Wildman–Crippen LogP) is 3.55. The summed E-state index contributed by atoms with van der Waals surface area (Å²) in [5.41, 5.74) is 2.40. The van der Waals surface area contributed by atoms with E-state index in [9.17, 15) is 4.79 Å². The largest absolute Gasteiger partial charge is 0.355 e. The van der Waals surface area contributed by atoms with E-state index >= 15 is 0 Å². The first kappa shape index (κ1) is 23.8. The lowest BCUT2D eigenvalue weighted by Gasteiger charge is -2.23. The molecule has 1 unspecified atom stereocenters. The lowest BCUT2D eigenvalue weighted by atomic mass is 9.95. The fourth-order valence-electron chi connectivity index (χ4n) is 3.34. The number of carbonyl (C=O) groups excluding carboxylic acids is 1. The number of hydrogen-bond acceptors (Lipinski definition) is 8. The van der Waals surface area contributed by atoms with Crippen molar-refractivity contribution in [3.63, 3.8) is 0 Å². The van der Waals surface area contributed by atoms with Gasteiger partial charge in [-0.1, -0.05) is 56.8 Å². The van der Waals surface area contributed by atoms with Crippen LogP contribution in [0, 0.1) is 5.92 Å². The van der Waals surface area contributed by atoms with Crippen molar-refractivity contribution in [1.82, 2.24) is 29.9 Å². The van der Waals surface area contributed by atoms with Crippen LogP contribution in [0.15, 0.2) is 29.4 Å². The van der Waals surface area contributed by atoms with Crippen molar-refractivity contribution in [3.05, 3.63) is 35.4 Å². The Bertz CT molecular complexity index is 1030. The molecule has 32 heavy (non-hydrogen) atoms. The fraction of sp³-hybridized carbons (Fsp3) is 0.500. The van der Waals surface area contributed by atoms with Gasteiger partial charge < -0.3 is 16.0 Å². The molecule has 0 saturated heterocycles. The summed E-state index contributed by atoms with van der Waals surface area (Å²) in [4.78, 5) is 21.7. The first-order valence-electron chi connectivity index (χ1n) is 11.1. The van der Waals surface area contributed by atoms with E-state index in [1.165, 1.54) is 17.3 Å². The summed E-state index contributed by atoms with van der Waals surface area (Å²) in [6.07, 6.45) is 0.997. The molecule has 3 rings (SSSR count). The second-order valence-corrected chi connectivity index (χ2v) is 8.66. The highest BCUT2D eigenvalue weighted by atomic mass is 32.2. The summed E-state index contributed by atoms with van der Waals surface area (Å²) < 4.78 is 1.74. The molecule has 9 nitrogen and oxygen atoms in total. The van der Waals surface area contributed by atoms with Crippen molar-refractivity contribution in [2.24, 2.45) is 5.92 Å². The molecule has 1 aromatic carbocycles. The van der Waals surface area contributed by atoms with Crippen LogP contribution in [-0.4, -0.2) is 49.3 Å². The molecular weight excluding hydrogens is 424 g/mol. The van der Waals surface area contributed by atoms with Gasteiger partial charge in [0.25, 0.3) is 5.78 Å². The lowest BCUT2D eigenvalue weighted by molar-refractivity contribution is -0.119. The summed E-state index contributed by atoms with van der Waals surface area (Å²) in [5, 5.41) is 18.5. The van der Waals surface area contributed by atoms with Crippen molar-refractivity contribution in [2.75, 3.05) is 29.5 Å². The number of benzene rings is 1. The van der Waals surface area contributed by atoms with Gasteiger partial charge in [-0.05, 0) is 37.3 Å². The maximum Gasteiger partial charge on any atom is 0.261 e. The Morgan fingerprint density at radius 2 is 1.75 bits per heavy atom. The second kappa shape index (κ2) is 11.1. The average Bonchev–Trinajstić information content (AvgIpc) is 3.19. The number of thioether (sulfide) groups is 1. The van der Waals surface area contributed by atoms with E-state index in [1.54, 1.807) is 4.40 Å². The zero-order valence-electron chi connectivity index (χ0n) is 19.3. The van der Waals surface area contributed by atoms with Gasteiger partial charge in [-0.15, -0.1) is 10.2 Å². The highest BCUT2D eigenvalue weighted by Crippen LogP contribution is 2.24. The van der Waals surface area contributed by atoms with E-state index in [4.69, 9.17) is 0 Å². The van der Waals surface area contributed by atoms with Gasteiger partial charge in [0, 0.05) is 13.1 Å². The van der Waals surface area contributed by atoms with Crippen molar-refractivity contribution < 1.29 is 4.79 Å². The quantitative estimate of drug-likeness (QED) is 0.376. The molecule has 2 heterocycles. The lowest BCUT2D eigenvalue weighted by Crippen LogP contribution is -2.33. The minimum Gasteiger partial charge on any atom is -0.355 e. The number of hydrogen-bond donors (Lipinski definition) is 3. The zero-order valence-corrected chi connectivity index (χ0v) is 20.2. The van der Waals surface area contributed by atoms with Gasteiger partial charge >= 0.3 is 0 Å². The number of fused-ring (bicyclic) bond motifs is 1. The monoisotopic (exact) mass is 456 g/mol. The van der Waals surface area contributed by atoms with Gasteiger partial charge in [0.15, 0.2) is 5.16 Å². The Morgan fingerprint density at radius 1 is 1.03 bits per heavy atom. The van der Waals surface area contributed by atoms with Crippen molar-refractivity contribution in [3.8, 4) is 0 Å². The summed E-state index contributed by atoms with van der Waals surface area (Å²) in [7, 11) is 0. The van der Waals surface area contributed by atoms with Gasteiger partial charge in [-0.25, -0.2) is 4.40 Å². The molecule has 10 heteroatoms. The highest BCUT2D eigenvalue weighted by molar-refractivity contribution is 7.99. The van der Waals surface area contributed by atoms with Crippen LogP contribution in [-0.2, 0) is 11.2 Å². The number of anilines is 2. The molecule has 1 atom stereocenters. The molecule has 172 valence electrons. The maximum absolute atomic E-state index is 12.8. The van der Waals surface area contributed by atoms with Gasteiger partial charge in [0.2, 0.25) is 17.8 Å². The number of aryl methyl sites for hydroxylation is 1. The van der Waals surface area contributed by atoms with Crippen molar-refractivity contribution in [2.45, 2.75) is 52.2 Å². The van der Waals surface area contributed by atoms with Crippen LogP contribution in [0.5, 0.6) is 0 Å². The third-order valence-electron chi connectivity index (χ3n) is 4.98. The summed E-state index contributed by atoms with van der Waals surface area (Å²) in [6, 6.07) is 8.40. The van der Waals surface area contributed by atoms with Crippen LogP contribution in [0.25, 0.3) is 5.78 Å². The second-order valence-electron chi connectivity index (χ2n) is 7.72. The van der Waals surface area contributed by atoms with Gasteiger partial charge in [0.05, 0.1) is 11.8 Å². The number of aromatic nitrogens is 5. The Labute approximate surface area is 193 Å². The van der Waals surface area contributed by atoms with Crippen LogP contribution in [0.4, 0.5) is 11.9 Å². The van der Waals surface area contributed by atoms with Crippen LogP contribution in [0.3, 0.4) is 0 Å². The molecule has 0 bridgehead atoms. The number of nitrogens with one attached hydrogen (secondary N) is 3. The van der Waals surface area contributed by atoms with E-state index in [0.29, 0.717) is 35.9 Å². The number of rotatable bonds is 11. The molecule has 0 aliphatic heterocycles. The Balaban J connectivity index is 1.72. The molecule has 0 spiro atoms. The number of amides is 1. The van der Waals surface area contributed by atoms with Crippen LogP contribution < -0.4 is 16.0 Å². The van der Waals surface area contributed by atoms with Crippen LogP contribution >= 0.6 is 11.8 Å². The molecule has 1 amide bonds. The zero-order chi connectivity index (χ0) is 23.1. The van der Waals surface area contributed by atoms with Gasteiger partial charge in [-0.3, -0.25) is 4.79 Å². The Hall–Kier alpha value is -2.88. The Kier molecular flexibility index (Phi) is 8.26. The van der Waals surface area contributed by atoms with Gasteiger partial charge in [0.1, 0.15) is 0 Å². The maximum atomic E-state index is 12.8. The van der Waals surface area contributed by atoms with E-state index in [0.717, 1.165) is 12.0 Å². The minimum absolute atomic E-state index is 0.0486. The first-order chi connectivity index (χ1) is 15.5. The predicted molar refractivity (Wildman–Crippen MR) is 129 cm³/mol. The normalized spacial score (nSPS) is 12.2. The first-order valence-corrected chi connectivity index (χ1v) is 12.1. The van der Waals surface area contributed by atoms with E-state index in [1.807, 2.05) is 13.8 Å². The summed E-state index contributed by atoms with van der Waals surface area (Å²) in [6.45, 7) is 11.7. The molecule has 0 aliphatic carbocycles. The SMILES string of the molecule is CCNc1nc(NCC)n2c(SCC(=O)NC(c3ccc(CC)cc3)C(C)C)nnc2n1. The fourth-order valence-corrected chi connectivity index (χ4v) is 4.08. The van der Waals surface area contributed by atoms with E-state index < -0.39 is 0 Å². The summed E-state index contributed by atoms with van der Waals surface area (Å²) in [5.74, 6) is 1.95. The number of carbonyl (C=O) groups is 1. The van der Waals surface area contributed by atoms with Crippen LogP contribution in [0.1, 0.15) is 51.8 Å². The van der Waals surface area contributed by atoms with Crippen LogP contribution in [0.2, 0.25) is 0 Å².